The number of hydrogen-bond acceptors (Lipinski definition) is 16. The maximum absolute atomic E-state index is 13.7. The van der Waals surface area contributed by atoms with Crippen LogP contribution in [0.5, 0.6) is 0 Å². The van der Waals surface area contributed by atoms with Gasteiger partial charge in [-0.05, 0) is 57.8 Å². The summed E-state index contributed by atoms with van der Waals surface area (Å²) in [5.74, 6) is -5.49. The second-order valence-corrected chi connectivity index (χ2v) is 20.2. The van der Waals surface area contributed by atoms with Crippen LogP contribution in [-0.4, -0.2) is 131 Å². The van der Waals surface area contributed by atoms with E-state index in [1.165, 1.54) is 6.08 Å². The zero-order chi connectivity index (χ0) is 50.5. The standard InChI is InChI=1S/C47H80O19P2/c1-3-5-7-8-9-10-11-12-13-14-15-16-17-18-23-27-40(51)62-32-35-33-63-68(60,61)66-47-45(56)44(55)42(53)36(26-22-19-20-24-28-41(52)64-35)38(49)31-39(50)37(30-29-34(48)25-21-6-4-2)43(54)46(47)65-67(57,58)59/h5,7,9-10,12-13,29-30,34-37,39,42-48,50,53-56H,3-4,6,8,11,14-28,31-33H2,1-2H3,(H,60,61)(H2,57,58,59)/b7-5-,10-9-,13-12-,30-29?/t34-,35+,36-,37-,39+,42+,43+,44-,45+,46+,47-/m0/s1. The number of allylic oxidation sites excluding steroid dienone is 6. The summed E-state index contributed by atoms with van der Waals surface area (Å²) in [5.41, 5.74) is 0. The molecule has 0 amide bonds. The Balaban J connectivity index is 2.31. The molecule has 0 aromatic carbocycles. The molecule has 1 aliphatic carbocycles. The lowest BCUT2D eigenvalue weighted by Crippen LogP contribution is -2.56. The van der Waals surface area contributed by atoms with Crippen LogP contribution >= 0.6 is 15.6 Å². The monoisotopic (exact) mass is 1010 g/mol. The molecule has 12 atom stereocenters. The predicted molar refractivity (Wildman–Crippen MR) is 251 cm³/mol. The number of ether oxygens (including phenoxy) is 2. The van der Waals surface area contributed by atoms with Gasteiger partial charge in [0.05, 0.1) is 31.0 Å². The van der Waals surface area contributed by atoms with E-state index in [0.717, 1.165) is 70.3 Å². The van der Waals surface area contributed by atoms with Crippen LogP contribution in [0, 0.1) is 11.8 Å². The van der Waals surface area contributed by atoms with E-state index in [1.807, 2.05) is 6.92 Å². The summed E-state index contributed by atoms with van der Waals surface area (Å²) >= 11 is 0. The molecule has 2 rings (SSSR count). The molecule has 0 spiro atoms. The number of esters is 2. The van der Waals surface area contributed by atoms with Gasteiger partial charge in [0.1, 0.15) is 36.8 Å². The Morgan fingerprint density at radius 2 is 1.50 bits per heavy atom. The van der Waals surface area contributed by atoms with Crippen molar-refractivity contribution in [1.29, 1.82) is 0 Å². The van der Waals surface area contributed by atoms with Crippen molar-refractivity contribution in [3.8, 4) is 0 Å². The van der Waals surface area contributed by atoms with Gasteiger partial charge in [-0.1, -0.05) is 120 Å². The number of cyclic esters (lactones) is 1. The fourth-order valence-corrected chi connectivity index (χ4v) is 9.47. The predicted octanol–water partition coefficient (Wildman–Crippen LogP) is 5.87. The van der Waals surface area contributed by atoms with Crippen molar-refractivity contribution in [1.82, 2.24) is 0 Å². The number of rotatable bonds is 23. The van der Waals surface area contributed by atoms with Crippen molar-refractivity contribution in [3.63, 3.8) is 0 Å². The Morgan fingerprint density at radius 3 is 2.19 bits per heavy atom. The Hall–Kier alpha value is -2.45. The first-order chi connectivity index (χ1) is 32.3. The minimum Gasteiger partial charge on any atom is -0.462 e. The molecule has 2 aliphatic rings. The molecule has 0 aromatic rings. The highest BCUT2D eigenvalue weighted by Gasteiger charge is 2.51. The average molecular weight is 1010 g/mol. The van der Waals surface area contributed by atoms with Crippen LogP contribution in [0.25, 0.3) is 0 Å². The highest BCUT2D eigenvalue weighted by atomic mass is 31.2. The van der Waals surface area contributed by atoms with Crippen LogP contribution in [0.1, 0.15) is 149 Å². The third-order valence-corrected chi connectivity index (χ3v) is 13.3. The number of aliphatic hydroxyl groups excluding tert-OH is 6. The SMILES string of the molecule is CC/C=C\C/C=C\C/C=C\CCCCCCCC(=O)OC[C@@H]1COP(=O)(O)O[C@H]2[C@H](O)[C@@H](O)[C@H](O)[C@@H](CCCCCCC(=O)O1)C(=O)C[C@@H](O)[C@H](C=C[C@@H](O)CCCCC)[C@@H](O)[C@H]2OP(=O)(O)O. The van der Waals surface area contributed by atoms with Gasteiger partial charge in [0, 0.05) is 31.1 Å². The maximum Gasteiger partial charge on any atom is 0.472 e. The van der Waals surface area contributed by atoms with E-state index < -0.39 is 120 Å². The van der Waals surface area contributed by atoms with Crippen molar-refractivity contribution in [2.24, 2.45) is 11.8 Å². The van der Waals surface area contributed by atoms with E-state index in [0.29, 0.717) is 32.1 Å². The zero-order valence-electron chi connectivity index (χ0n) is 39.7. The molecule has 0 aromatic heterocycles. The number of phosphoric ester groups is 2. The number of hydrogen-bond donors (Lipinski definition) is 9. The summed E-state index contributed by atoms with van der Waals surface area (Å²) < 4.78 is 52.1. The molecule has 1 saturated heterocycles. The molecule has 68 heavy (non-hydrogen) atoms. The van der Waals surface area contributed by atoms with Gasteiger partial charge < -0.3 is 54.8 Å². The number of carbonyl (C=O) groups is 3. The zero-order valence-corrected chi connectivity index (χ0v) is 41.5. The Labute approximate surface area is 401 Å². The summed E-state index contributed by atoms with van der Waals surface area (Å²) in [6.07, 6.45) is 6.19. The first-order valence-corrected chi connectivity index (χ1v) is 27.3. The summed E-state index contributed by atoms with van der Waals surface area (Å²) in [6, 6.07) is 0. The Bertz CT molecular complexity index is 1670. The van der Waals surface area contributed by atoms with Crippen LogP contribution < -0.4 is 0 Å². The second kappa shape index (κ2) is 34.0. The van der Waals surface area contributed by atoms with E-state index in [-0.39, 0.29) is 32.1 Å². The van der Waals surface area contributed by atoms with Gasteiger partial charge >= 0.3 is 27.6 Å². The van der Waals surface area contributed by atoms with Crippen LogP contribution in [0.3, 0.4) is 0 Å². The Morgan fingerprint density at radius 1 is 0.838 bits per heavy atom. The highest BCUT2D eigenvalue weighted by molar-refractivity contribution is 7.47. The van der Waals surface area contributed by atoms with Gasteiger partial charge in [-0.2, -0.15) is 0 Å². The molecule has 19 nitrogen and oxygen atoms in total. The molecular formula is C47H80O19P2. The van der Waals surface area contributed by atoms with Crippen molar-refractivity contribution in [2.45, 2.75) is 204 Å². The van der Waals surface area contributed by atoms with E-state index >= 15 is 0 Å². The molecule has 2 fully saturated rings. The summed E-state index contributed by atoms with van der Waals surface area (Å²) in [6.45, 7) is 2.44. The molecule has 21 heteroatoms. The smallest absolute Gasteiger partial charge is 0.462 e. The van der Waals surface area contributed by atoms with Gasteiger partial charge in [0.2, 0.25) is 0 Å². The molecule has 0 radical (unpaired) electrons. The topological polar surface area (TPSA) is 314 Å². The van der Waals surface area contributed by atoms with Crippen LogP contribution in [0.4, 0.5) is 0 Å². The normalized spacial score (nSPS) is 30.8. The molecule has 1 saturated carbocycles. The number of fused-ring (bicyclic) bond motifs is 4. The van der Waals surface area contributed by atoms with E-state index in [9.17, 15) is 68.8 Å². The highest BCUT2D eigenvalue weighted by Crippen LogP contribution is 2.49. The molecule has 1 unspecified atom stereocenters. The summed E-state index contributed by atoms with van der Waals surface area (Å²) in [7, 11) is -11.5. The molecular weight excluding hydrogens is 930 g/mol. The number of ketones is 1. The first-order valence-electron chi connectivity index (χ1n) is 24.3. The van der Waals surface area contributed by atoms with Crippen molar-refractivity contribution in [2.75, 3.05) is 13.2 Å². The number of Topliss-reactive ketones (excluding diaryl/α,β-unsaturated/α-hetero) is 1. The lowest BCUT2D eigenvalue weighted by Gasteiger charge is -2.38. The van der Waals surface area contributed by atoms with Gasteiger partial charge in [-0.15, -0.1) is 0 Å². The Kier molecular flexibility index (Phi) is 30.8. The van der Waals surface area contributed by atoms with Gasteiger partial charge in [-0.3, -0.25) is 28.0 Å². The van der Waals surface area contributed by atoms with Crippen molar-refractivity contribution < 1.29 is 91.9 Å². The van der Waals surface area contributed by atoms with Gasteiger partial charge in [0.25, 0.3) is 0 Å². The quantitative estimate of drug-likeness (QED) is 0.0250. The fraction of sp³-hybridized carbons (Fsp3) is 0.766. The summed E-state index contributed by atoms with van der Waals surface area (Å²) in [5, 5.41) is 68.1. The third kappa shape index (κ3) is 25.6. The van der Waals surface area contributed by atoms with Gasteiger partial charge in [-0.25, -0.2) is 9.13 Å². The summed E-state index contributed by atoms with van der Waals surface area (Å²) in [4.78, 5) is 70.4. The van der Waals surface area contributed by atoms with E-state index in [2.05, 4.69) is 43.4 Å². The van der Waals surface area contributed by atoms with E-state index in [4.69, 9.17) is 23.0 Å². The minimum absolute atomic E-state index is 0.0367. The second-order valence-electron chi connectivity index (χ2n) is 17.6. The van der Waals surface area contributed by atoms with Crippen LogP contribution in [-0.2, 0) is 46.6 Å². The van der Waals surface area contributed by atoms with E-state index in [1.54, 1.807) is 0 Å². The van der Waals surface area contributed by atoms with Crippen LogP contribution in [0.15, 0.2) is 48.6 Å². The number of phosphoric acid groups is 2. The lowest BCUT2D eigenvalue weighted by molar-refractivity contribution is -0.165. The van der Waals surface area contributed by atoms with Crippen molar-refractivity contribution in [3.05, 3.63) is 48.6 Å². The molecule has 392 valence electrons. The average Bonchev–Trinajstić information content (AvgIpc) is 3.28. The lowest BCUT2D eigenvalue weighted by atomic mass is 9.83. The number of aliphatic hydroxyl groups is 6. The van der Waals surface area contributed by atoms with Gasteiger partial charge in [0.15, 0.2) is 6.10 Å². The fourth-order valence-electron chi connectivity index (χ4n) is 7.94. The largest absolute Gasteiger partial charge is 0.472 e. The third-order valence-electron chi connectivity index (χ3n) is 11.8. The number of carbonyl (C=O) groups excluding carboxylic acids is 3. The first kappa shape index (κ1) is 61.7. The van der Waals surface area contributed by atoms with Crippen molar-refractivity contribution >= 4 is 33.4 Å². The van der Waals surface area contributed by atoms with Crippen LogP contribution in [0.2, 0.25) is 0 Å². The molecule has 1 aliphatic heterocycles. The molecule has 9 N–H and O–H groups in total. The number of unbranched alkanes of at least 4 members (excludes halogenated alkanes) is 7. The maximum atomic E-state index is 13.7. The molecule has 1 heterocycles. The minimum atomic E-state index is -5.78. The molecule has 2 bridgehead atoms.